The van der Waals surface area contributed by atoms with Gasteiger partial charge in [-0.3, -0.25) is 29.8 Å². The molecule has 0 unspecified atom stereocenters. The minimum Gasteiger partial charge on any atom is -0.455 e. The summed E-state index contributed by atoms with van der Waals surface area (Å²) < 4.78 is 18.0. The second-order valence-electron chi connectivity index (χ2n) is 5.19. The molecule has 2 rings (SSSR count). The van der Waals surface area contributed by atoms with E-state index < -0.39 is 46.3 Å². The van der Waals surface area contributed by atoms with Crippen molar-refractivity contribution in [1.29, 1.82) is 0 Å². The Hall–Kier alpha value is -3.89. The van der Waals surface area contributed by atoms with Gasteiger partial charge in [-0.1, -0.05) is 18.2 Å². The van der Waals surface area contributed by atoms with Crippen molar-refractivity contribution in [2.24, 2.45) is 0 Å². The Morgan fingerprint density at radius 3 is 2.37 bits per heavy atom. The summed E-state index contributed by atoms with van der Waals surface area (Å²) in [5.74, 6) is -2.75. The monoisotopic (exact) mass is 377 g/mol. The number of hydrogen-bond acceptors (Lipinski definition) is 7. The van der Waals surface area contributed by atoms with Gasteiger partial charge >= 0.3 is 11.7 Å². The maximum atomic E-state index is 13.2. The van der Waals surface area contributed by atoms with E-state index in [0.29, 0.717) is 0 Å². The molecule has 0 fully saturated rings. The second-order valence-corrected chi connectivity index (χ2v) is 5.19. The largest absolute Gasteiger partial charge is 0.455 e. The van der Waals surface area contributed by atoms with E-state index in [4.69, 9.17) is 4.74 Å². The minimum absolute atomic E-state index is 0.0529. The first-order valence-corrected chi connectivity index (χ1v) is 7.39. The summed E-state index contributed by atoms with van der Waals surface area (Å²) in [5.41, 5.74) is -0.997. The van der Waals surface area contributed by atoms with E-state index in [1.165, 1.54) is 24.3 Å². The summed E-state index contributed by atoms with van der Waals surface area (Å²) in [6.07, 6.45) is -0.410. The van der Waals surface area contributed by atoms with Crippen LogP contribution < -0.4 is 5.32 Å². The van der Waals surface area contributed by atoms with E-state index in [9.17, 15) is 34.2 Å². The van der Waals surface area contributed by atoms with Crippen LogP contribution in [0.25, 0.3) is 0 Å². The molecule has 0 saturated heterocycles. The molecule has 0 aliphatic carbocycles. The fourth-order valence-corrected chi connectivity index (χ4v) is 2.12. The third-order valence-corrected chi connectivity index (χ3v) is 3.31. The van der Waals surface area contributed by atoms with Gasteiger partial charge in [-0.25, -0.2) is 0 Å². The maximum Gasteiger partial charge on any atom is 0.311 e. The van der Waals surface area contributed by atoms with Crippen molar-refractivity contribution in [2.75, 3.05) is 11.9 Å². The number of carbonyl (C=O) groups excluding carboxylic acids is 2. The number of hydrogen-bond donors (Lipinski definition) is 1. The predicted octanol–water partition coefficient (Wildman–Crippen LogP) is 2.37. The molecule has 0 aliphatic rings. The zero-order valence-corrected chi connectivity index (χ0v) is 13.6. The topological polar surface area (TPSA) is 142 Å². The van der Waals surface area contributed by atoms with Crippen molar-refractivity contribution in [3.05, 3.63) is 74.1 Å². The van der Waals surface area contributed by atoms with Crippen LogP contribution in [0.5, 0.6) is 0 Å². The normalized spacial score (nSPS) is 10.1. The molecule has 0 heterocycles. The number of nitro benzene ring substituents is 2. The van der Waals surface area contributed by atoms with Crippen LogP contribution >= 0.6 is 0 Å². The van der Waals surface area contributed by atoms with Gasteiger partial charge in [0.1, 0.15) is 0 Å². The molecule has 27 heavy (non-hydrogen) atoms. The Balaban J connectivity index is 1.92. The number of halogens is 1. The maximum absolute atomic E-state index is 13.2. The first kappa shape index (κ1) is 19.4. The van der Waals surface area contributed by atoms with Crippen LogP contribution in [0.2, 0.25) is 0 Å². The number of carbonyl (C=O) groups is 2. The van der Waals surface area contributed by atoms with Gasteiger partial charge in [-0.05, 0) is 12.1 Å². The van der Waals surface area contributed by atoms with Gasteiger partial charge in [0, 0.05) is 23.4 Å². The average Bonchev–Trinajstić information content (AvgIpc) is 2.61. The zero-order chi connectivity index (χ0) is 20.0. The van der Waals surface area contributed by atoms with E-state index in [1.54, 1.807) is 0 Å². The van der Waals surface area contributed by atoms with E-state index in [2.05, 4.69) is 5.32 Å². The third kappa shape index (κ3) is 5.29. The highest BCUT2D eigenvalue weighted by Crippen LogP contribution is 2.21. The Labute approximate surface area is 150 Å². The summed E-state index contributed by atoms with van der Waals surface area (Å²) in [4.78, 5) is 43.5. The van der Waals surface area contributed by atoms with Gasteiger partial charge in [-0.2, -0.15) is 4.39 Å². The number of rotatable bonds is 7. The smallest absolute Gasteiger partial charge is 0.311 e. The number of nitrogens with one attached hydrogen (secondary N) is 1. The molecule has 140 valence electrons. The van der Waals surface area contributed by atoms with Crippen molar-refractivity contribution in [3.8, 4) is 0 Å². The highest BCUT2D eigenvalue weighted by atomic mass is 19.1. The molecule has 0 radical (unpaired) electrons. The molecule has 2 aromatic carbocycles. The van der Waals surface area contributed by atoms with E-state index in [-0.39, 0.29) is 16.9 Å². The van der Waals surface area contributed by atoms with E-state index >= 15 is 0 Å². The molecule has 0 atom stereocenters. The zero-order valence-electron chi connectivity index (χ0n) is 13.6. The molecule has 0 saturated carbocycles. The van der Waals surface area contributed by atoms with Crippen LogP contribution in [-0.4, -0.2) is 28.3 Å². The van der Waals surface area contributed by atoms with Crippen molar-refractivity contribution < 1.29 is 28.6 Å². The van der Waals surface area contributed by atoms with Crippen molar-refractivity contribution in [3.63, 3.8) is 0 Å². The lowest BCUT2D eigenvalue weighted by Crippen LogP contribution is -2.21. The number of amides is 1. The molecule has 0 spiro atoms. The second kappa shape index (κ2) is 8.47. The summed E-state index contributed by atoms with van der Waals surface area (Å²) in [6.45, 7) is -0.718. The Kier molecular flexibility index (Phi) is 6.10. The summed E-state index contributed by atoms with van der Waals surface area (Å²) in [7, 11) is 0. The highest BCUT2D eigenvalue weighted by Gasteiger charge is 2.18. The Morgan fingerprint density at radius 1 is 1.04 bits per heavy atom. The highest BCUT2D eigenvalue weighted by molar-refractivity contribution is 5.93. The Bertz CT molecular complexity index is 917. The number of para-hydroxylation sites is 1. The third-order valence-electron chi connectivity index (χ3n) is 3.31. The van der Waals surface area contributed by atoms with Gasteiger partial charge in [-0.15, -0.1) is 0 Å². The van der Waals surface area contributed by atoms with Gasteiger partial charge < -0.3 is 10.1 Å². The lowest BCUT2D eigenvalue weighted by Gasteiger charge is -2.07. The molecule has 1 amide bonds. The number of anilines is 1. The number of nitrogens with zero attached hydrogens (tertiary/aromatic N) is 2. The van der Waals surface area contributed by atoms with Crippen molar-refractivity contribution in [1.82, 2.24) is 0 Å². The standard InChI is InChI=1S/C16H12FN3O7/c17-12-6-5-11(8-14(12)20(25)26)18-15(21)9-27-16(22)7-10-3-1-2-4-13(10)19(23)24/h1-6,8H,7,9H2,(H,18,21). The molecule has 11 heteroatoms. The first-order valence-electron chi connectivity index (χ1n) is 7.39. The van der Waals surface area contributed by atoms with Crippen LogP contribution in [-0.2, 0) is 20.7 Å². The average molecular weight is 377 g/mol. The van der Waals surface area contributed by atoms with Crippen molar-refractivity contribution >= 4 is 28.9 Å². The molecule has 10 nitrogen and oxygen atoms in total. The summed E-state index contributed by atoms with van der Waals surface area (Å²) in [6, 6.07) is 8.33. The number of nitro groups is 2. The van der Waals surface area contributed by atoms with Crippen molar-refractivity contribution in [2.45, 2.75) is 6.42 Å². The lowest BCUT2D eigenvalue weighted by molar-refractivity contribution is -0.387. The summed E-state index contributed by atoms with van der Waals surface area (Å²) in [5, 5.41) is 23.8. The van der Waals surface area contributed by atoms with Gasteiger partial charge in [0.2, 0.25) is 5.82 Å². The molecular formula is C16H12FN3O7. The van der Waals surface area contributed by atoms with Crippen LogP contribution in [0.4, 0.5) is 21.5 Å². The fourth-order valence-electron chi connectivity index (χ4n) is 2.12. The molecule has 1 N–H and O–H groups in total. The van der Waals surface area contributed by atoms with E-state index in [1.807, 2.05) is 0 Å². The van der Waals surface area contributed by atoms with Crippen LogP contribution in [0, 0.1) is 26.0 Å². The molecule has 0 aliphatic heterocycles. The molecular weight excluding hydrogens is 365 g/mol. The van der Waals surface area contributed by atoms with Crippen LogP contribution in [0.15, 0.2) is 42.5 Å². The molecule has 0 bridgehead atoms. The number of esters is 1. The molecule has 2 aromatic rings. The van der Waals surface area contributed by atoms with Gasteiger partial charge in [0.15, 0.2) is 6.61 Å². The van der Waals surface area contributed by atoms with Crippen LogP contribution in [0.1, 0.15) is 5.56 Å². The summed E-state index contributed by atoms with van der Waals surface area (Å²) >= 11 is 0. The van der Waals surface area contributed by atoms with Gasteiger partial charge in [0.05, 0.1) is 16.3 Å². The number of benzene rings is 2. The first-order chi connectivity index (χ1) is 12.8. The SMILES string of the molecule is O=C(COC(=O)Cc1ccccc1[N+](=O)[O-])Nc1ccc(F)c([N+](=O)[O-])c1. The van der Waals surface area contributed by atoms with Crippen LogP contribution in [0.3, 0.4) is 0 Å². The predicted molar refractivity (Wildman–Crippen MR) is 89.4 cm³/mol. The Morgan fingerprint density at radius 2 is 1.70 bits per heavy atom. The van der Waals surface area contributed by atoms with Gasteiger partial charge in [0.25, 0.3) is 11.6 Å². The lowest BCUT2D eigenvalue weighted by atomic mass is 10.1. The number of ether oxygens (including phenoxy) is 1. The fraction of sp³-hybridized carbons (Fsp3) is 0.125. The quantitative estimate of drug-likeness (QED) is 0.443. The molecule has 0 aromatic heterocycles. The minimum atomic E-state index is -1.06. The van der Waals surface area contributed by atoms with E-state index in [0.717, 1.165) is 18.2 Å².